The zero-order valence-electron chi connectivity index (χ0n) is 12.9. The van der Waals surface area contributed by atoms with Gasteiger partial charge in [-0.25, -0.2) is 4.39 Å². The van der Waals surface area contributed by atoms with Crippen molar-refractivity contribution in [2.45, 2.75) is 13.3 Å². The van der Waals surface area contributed by atoms with Gasteiger partial charge in [-0.3, -0.25) is 10.1 Å². The lowest BCUT2D eigenvalue weighted by atomic mass is 10.2. The van der Waals surface area contributed by atoms with Crippen LogP contribution in [0, 0.1) is 5.82 Å². The molecule has 2 N–H and O–H groups in total. The first-order valence-electron chi connectivity index (χ1n) is 7.30. The van der Waals surface area contributed by atoms with Crippen molar-refractivity contribution in [3.63, 3.8) is 0 Å². The minimum atomic E-state index is -0.525. The Morgan fingerprint density at radius 1 is 1.25 bits per heavy atom. The number of anilines is 1. The van der Waals surface area contributed by atoms with E-state index in [2.05, 4.69) is 10.6 Å². The molecule has 1 amide bonds. The molecular weight excluding hydrogens is 351 g/mol. The second-order valence-electron chi connectivity index (χ2n) is 4.91. The lowest BCUT2D eigenvalue weighted by Crippen LogP contribution is -2.34. The van der Waals surface area contributed by atoms with E-state index in [0.29, 0.717) is 23.6 Å². The van der Waals surface area contributed by atoms with Crippen molar-refractivity contribution >= 4 is 40.5 Å². The fourth-order valence-corrected chi connectivity index (χ4v) is 2.23. The van der Waals surface area contributed by atoms with Crippen molar-refractivity contribution in [2.75, 3.05) is 11.9 Å². The summed E-state index contributed by atoms with van der Waals surface area (Å²) >= 11 is 10.8. The highest BCUT2D eigenvalue weighted by Gasteiger charge is 2.09. The molecule has 24 heavy (non-hydrogen) atoms. The molecule has 0 saturated carbocycles. The molecule has 7 heteroatoms. The first kappa shape index (κ1) is 18.2. The lowest BCUT2D eigenvalue weighted by molar-refractivity contribution is 0.0977. The van der Waals surface area contributed by atoms with Gasteiger partial charge in [0, 0.05) is 11.3 Å². The number of benzene rings is 2. The average molecular weight is 367 g/mol. The highest BCUT2D eigenvalue weighted by atomic mass is 35.5. The Bertz CT molecular complexity index is 738. The maximum Gasteiger partial charge on any atom is 0.257 e. The minimum absolute atomic E-state index is 0.0307. The van der Waals surface area contributed by atoms with Crippen molar-refractivity contribution in [2.24, 2.45) is 0 Å². The molecule has 0 aliphatic carbocycles. The number of rotatable bonds is 5. The molecule has 2 rings (SSSR count). The van der Waals surface area contributed by atoms with Gasteiger partial charge in [-0.05, 0) is 61.1 Å². The summed E-state index contributed by atoms with van der Waals surface area (Å²) in [5, 5.41) is 5.38. The number of halogens is 2. The molecule has 0 unspecified atom stereocenters. The molecule has 0 aliphatic heterocycles. The van der Waals surface area contributed by atoms with Crippen LogP contribution in [0.2, 0.25) is 5.02 Å². The van der Waals surface area contributed by atoms with Gasteiger partial charge in [-0.2, -0.15) is 0 Å². The second-order valence-corrected chi connectivity index (χ2v) is 5.73. The zero-order valence-corrected chi connectivity index (χ0v) is 14.5. The second kappa shape index (κ2) is 8.61. The van der Waals surface area contributed by atoms with Crippen LogP contribution < -0.4 is 15.4 Å². The Hall–Kier alpha value is -2.18. The predicted octanol–water partition coefficient (Wildman–Crippen LogP) is 4.39. The maximum absolute atomic E-state index is 13.1. The Balaban J connectivity index is 1.93. The highest BCUT2D eigenvalue weighted by molar-refractivity contribution is 7.80. The van der Waals surface area contributed by atoms with Crippen LogP contribution in [0.3, 0.4) is 0 Å². The molecule has 0 saturated heterocycles. The van der Waals surface area contributed by atoms with E-state index >= 15 is 0 Å². The molecule has 0 spiro atoms. The Morgan fingerprint density at radius 2 is 1.96 bits per heavy atom. The van der Waals surface area contributed by atoms with Crippen LogP contribution in [0.4, 0.5) is 10.1 Å². The maximum atomic E-state index is 13.1. The van der Waals surface area contributed by atoms with Gasteiger partial charge in [-0.1, -0.05) is 18.5 Å². The van der Waals surface area contributed by atoms with E-state index in [0.717, 1.165) is 6.42 Å². The van der Waals surface area contributed by atoms with E-state index < -0.39 is 5.82 Å². The van der Waals surface area contributed by atoms with E-state index in [-0.39, 0.29) is 16.0 Å². The van der Waals surface area contributed by atoms with Gasteiger partial charge < -0.3 is 10.1 Å². The van der Waals surface area contributed by atoms with Crippen molar-refractivity contribution in [1.82, 2.24) is 5.32 Å². The highest BCUT2D eigenvalue weighted by Crippen LogP contribution is 2.19. The summed E-state index contributed by atoms with van der Waals surface area (Å²) in [6, 6.07) is 10.8. The van der Waals surface area contributed by atoms with Crippen molar-refractivity contribution in [3.05, 3.63) is 58.9 Å². The summed E-state index contributed by atoms with van der Waals surface area (Å²) in [5.41, 5.74) is 0.926. The predicted molar refractivity (Wildman–Crippen MR) is 97.3 cm³/mol. The molecule has 2 aromatic rings. The first-order chi connectivity index (χ1) is 11.5. The quantitative estimate of drug-likeness (QED) is 0.770. The zero-order chi connectivity index (χ0) is 17.5. The van der Waals surface area contributed by atoms with E-state index in [1.165, 1.54) is 18.2 Å². The number of amides is 1. The summed E-state index contributed by atoms with van der Waals surface area (Å²) in [5.74, 6) is -0.180. The van der Waals surface area contributed by atoms with Gasteiger partial charge in [0.05, 0.1) is 11.6 Å². The van der Waals surface area contributed by atoms with Gasteiger partial charge in [0.2, 0.25) is 0 Å². The van der Waals surface area contributed by atoms with Crippen LogP contribution in [0.1, 0.15) is 23.7 Å². The number of hydrogen-bond donors (Lipinski definition) is 2. The Kier molecular flexibility index (Phi) is 6.52. The summed E-state index contributed by atoms with van der Waals surface area (Å²) < 4.78 is 18.6. The van der Waals surface area contributed by atoms with E-state index in [4.69, 9.17) is 28.6 Å². The molecule has 126 valence electrons. The fourth-order valence-electron chi connectivity index (χ4n) is 1.83. The average Bonchev–Trinajstić information content (AvgIpc) is 2.56. The number of carbonyl (C=O) groups is 1. The summed E-state index contributed by atoms with van der Waals surface area (Å²) in [6.07, 6.45) is 0.912. The molecular formula is C17H16ClFN2O2S. The Morgan fingerprint density at radius 3 is 2.58 bits per heavy atom. The van der Waals surface area contributed by atoms with Gasteiger partial charge in [0.1, 0.15) is 11.6 Å². The standard InChI is InChI=1S/C17H16ClFN2O2S/c1-2-9-23-13-6-3-11(4-7-13)16(22)21-17(24)20-12-5-8-15(19)14(18)10-12/h3-8,10H,2,9H2,1H3,(H2,20,21,22,24). The minimum Gasteiger partial charge on any atom is -0.494 e. The topological polar surface area (TPSA) is 50.4 Å². The molecule has 0 aromatic heterocycles. The lowest BCUT2D eigenvalue weighted by Gasteiger charge is -2.10. The third kappa shape index (κ3) is 5.18. The third-order valence-electron chi connectivity index (χ3n) is 2.99. The van der Waals surface area contributed by atoms with E-state index in [1.807, 2.05) is 6.92 Å². The van der Waals surface area contributed by atoms with Gasteiger partial charge >= 0.3 is 0 Å². The summed E-state index contributed by atoms with van der Waals surface area (Å²) in [7, 11) is 0. The smallest absolute Gasteiger partial charge is 0.257 e. The number of hydrogen-bond acceptors (Lipinski definition) is 3. The molecule has 0 bridgehead atoms. The molecule has 0 radical (unpaired) electrons. The van der Waals surface area contributed by atoms with Gasteiger partial charge in [0.15, 0.2) is 5.11 Å². The molecule has 0 heterocycles. The van der Waals surface area contributed by atoms with Crippen molar-refractivity contribution in [1.29, 1.82) is 0 Å². The Labute approximate surface area is 150 Å². The van der Waals surface area contributed by atoms with Crippen molar-refractivity contribution in [3.8, 4) is 5.75 Å². The van der Waals surface area contributed by atoms with Crippen LogP contribution in [-0.2, 0) is 0 Å². The molecule has 0 aliphatic rings. The number of thiocarbonyl (C=S) groups is 1. The SMILES string of the molecule is CCCOc1ccc(C(=O)NC(=S)Nc2ccc(F)c(Cl)c2)cc1. The normalized spacial score (nSPS) is 10.1. The molecule has 0 atom stereocenters. The first-order valence-corrected chi connectivity index (χ1v) is 8.08. The molecule has 4 nitrogen and oxygen atoms in total. The molecule has 0 fully saturated rings. The van der Waals surface area contributed by atoms with Crippen molar-refractivity contribution < 1.29 is 13.9 Å². The van der Waals surface area contributed by atoms with E-state index in [9.17, 15) is 9.18 Å². The van der Waals surface area contributed by atoms with Crippen LogP contribution in [0.25, 0.3) is 0 Å². The summed E-state index contributed by atoms with van der Waals surface area (Å²) in [6.45, 7) is 2.64. The van der Waals surface area contributed by atoms with Crippen LogP contribution in [-0.4, -0.2) is 17.6 Å². The largest absolute Gasteiger partial charge is 0.494 e. The van der Waals surface area contributed by atoms with Crippen LogP contribution in [0.5, 0.6) is 5.75 Å². The summed E-state index contributed by atoms with van der Waals surface area (Å²) in [4.78, 5) is 12.1. The van der Waals surface area contributed by atoms with Crippen LogP contribution in [0.15, 0.2) is 42.5 Å². The third-order valence-corrected chi connectivity index (χ3v) is 3.49. The number of carbonyl (C=O) groups excluding carboxylic acids is 1. The number of ether oxygens (including phenoxy) is 1. The van der Waals surface area contributed by atoms with E-state index in [1.54, 1.807) is 24.3 Å². The van der Waals surface area contributed by atoms with Gasteiger partial charge in [-0.15, -0.1) is 0 Å². The fraction of sp³-hybridized carbons (Fsp3) is 0.176. The number of nitrogens with one attached hydrogen (secondary N) is 2. The van der Waals surface area contributed by atoms with Crippen LogP contribution >= 0.6 is 23.8 Å². The molecule has 2 aromatic carbocycles. The van der Waals surface area contributed by atoms with Gasteiger partial charge in [0.25, 0.3) is 5.91 Å². The monoisotopic (exact) mass is 366 g/mol.